The largest absolute Gasteiger partial charge is 0.508 e. The molecule has 0 spiro atoms. The van der Waals surface area contributed by atoms with Crippen LogP contribution in [0.25, 0.3) is 0 Å². The monoisotopic (exact) mass is 307 g/mol. The van der Waals surface area contributed by atoms with Gasteiger partial charge in [0.05, 0.1) is 12.8 Å². The number of phenolic OH excluding ortho intramolecular Hbond substituents is 1. The summed E-state index contributed by atoms with van der Waals surface area (Å²) in [5, 5.41) is 10.0. The lowest BCUT2D eigenvalue weighted by Crippen LogP contribution is -2.22. The Bertz CT molecular complexity index is 733. The second-order valence-electron chi connectivity index (χ2n) is 5.84. The number of phenols is 1. The van der Waals surface area contributed by atoms with Gasteiger partial charge < -0.3 is 9.52 Å². The Labute approximate surface area is 136 Å². The summed E-state index contributed by atoms with van der Waals surface area (Å²) >= 11 is 0. The summed E-state index contributed by atoms with van der Waals surface area (Å²) in [5.41, 5.74) is 3.43. The molecule has 0 bridgehead atoms. The number of aryl methyl sites for hydroxylation is 1. The molecule has 0 unspecified atom stereocenters. The molecule has 0 amide bonds. The van der Waals surface area contributed by atoms with Crippen LogP contribution < -0.4 is 0 Å². The van der Waals surface area contributed by atoms with Crippen LogP contribution in [-0.4, -0.2) is 10.0 Å². The maximum absolute atomic E-state index is 10.0. The van der Waals surface area contributed by atoms with Gasteiger partial charge in [-0.05, 0) is 30.7 Å². The van der Waals surface area contributed by atoms with Gasteiger partial charge in [-0.25, -0.2) is 0 Å². The van der Waals surface area contributed by atoms with E-state index in [-0.39, 0.29) is 0 Å². The maximum Gasteiger partial charge on any atom is 0.120 e. The highest BCUT2D eigenvalue weighted by atomic mass is 16.3. The van der Waals surface area contributed by atoms with Crippen LogP contribution in [-0.2, 0) is 19.6 Å². The molecule has 3 nitrogen and oxygen atoms in total. The molecular formula is C20H21NO2. The molecular weight excluding hydrogens is 286 g/mol. The maximum atomic E-state index is 10.0. The smallest absolute Gasteiger partial charge is 0.120 e. The van der Waals surface area contributed by atoms with Gasteiger partial charge >= 0.3 is 0 Å². The summed E-state index contributed by atoms with van der Waals surface area (Å²) < 4.78 is 5.48. The standard InChI is InChI=1S/C20H21NO2/c1-16-8-10-17(11-9-16)13-21(15-19-6-4-12-23-19)14-18-5-2-3-7-20(18)22/h2-12,22H,13-15H2,1H3. The molecule has 0 aliphatic carbocycles. The van der Waals surface area contributed by atoms with Gasteiger partial charge in [-0.1, -0.05) is 48.0 Å². The molecule has 23 heavy (non-hydrogen) atoms. The van der Waals surface area contributed by atoms with Crippen molar-refractivity contribution in [2.45, 2.75) is 26.6 Å². The van der Waals surface area contributed by atoms with E-state index in [0.717, 1.165) is 17.9 Å². The highest BCUT2D eigenvalue weighted by molar-refractivity contribution is 5.31. The lowest BCUT2D eigenvalue weighted by molar-refractivity contribution is 0.224. The molecule has 0 saturated heterocycles. The minimum atomic E-state index is 0.334. The Hall–Kier alpha value is -2.52. The Morgan fingerprint density at radius 1 is 0.870 bits per heavy atom. The normalized spacial score (nSPS) is 11.0. The van der Waals surface area contributed by atoms with Gasteiger partial charge in [0.2, 0.25) is 0 Å². The predicted molar refractivity (Wildman–Crippen MR) is 90.9 cm³/mol. The van der Waals surface area contributed by atoms with Crippen molar-refractivity contribution in [2.75, 3.05) is 0 Å². The molecule has 3 heteroatoms. The number of para-hydroxylation sites is 1. The van der Waals surface area contributed by atoms with Crippen molar-refractivity contribution >= 4 is 0 Å². The Kier molecular flexibility index (Phi) is 4.79. The van der Waals surface area contributed by atoms with Crippen LogP contribution in [0, 0.1) is 6.92 Å². The van der Waals surface area contributed by atoms with E-state index < -0.39 is 0 Å². The number of aromatic hydroxyl groups is 1. The second kappa shape index (κ2) is 7.16. The highest BCUT2D eigenvalue weighted by Crippen LogP contribution is 2.21. The summed E-state index contributed by atoms with van der Waals surface area (Å²) in [6.45, 7) is 4.26. The number of hydrogen-bond acceptors (Lipinski definition) is 3. The summed E-state index contributed by atoms with van der Waals surface area (Å²) in [6.07, 6.45) is 1.69. The third-order valence-corrected chi connectivity index (χ3v) is 3.87. The first-order valence-electron chi connectivity index (χ1n) is 7.78. The Morgan fingerprint density at radius 2 is 1.65 bits per heavy atom. The molecule has 0 radical (unpaired) electrons. The van der Waals surface area contributed by atoms with Crippen LogP contribution in [0.5, 0.6) is 5.75 Å². The first-order chi connectivity index (χ1) is 11.2. The molecule has 0 saturated carbocycles. The van der Waals surface area contributed by atoms with Gasteiger partial charge in [-0.3, -0.25) is 4.90 Å². The van der Waals surface area contributed by atoms with Gasteiger partial charge in [0.15, 0.2) is 0 Å². The fourth-order valence-corrected chi connectivity index (χ4v) is 2.63. The second-order valence-corrected chi connectivity index (χ2v) is 5.84. The minimum absolute atomic E-state index is 0.334. The van der Waals surface area contributed by atoms with Crippen molar-refractivity contribution in [2.24, 2.45) is 0 Å². The molecule has 2 aromatic carbocycles. The fraction of sp³-hybridized carbons (Fsp3) is 0.200. The van der Waals surface area contributed by atoms with Crippen LogP contribution in [0.15, 0.2) is 71.3 Å². The number of nitrogens with zero attached hydrogens (tertiary/aromatic N) is 1. The number of hydrogen-bond donors (Lipinski definition) is 1. The molecule has 3 aromatic rings. The van der Waals surface area contributed by atoms with Crippen molar-refractivity contribution in [3.05, 3.63) is 89.4 Å². The molecule has 3 rings (SSSR count). The van der Waals surface area contributed by atoms with E-state index in [0.29, 0.717) is 18.8 Å². The van der Waals surface area contributed by atoms with E-state index >= 15 is 0 Å². The molecule has 0 atom stereocenters. The molecule has 0 aliphatic heterocycles. The lowest BCUT2D eigenvalue weighted by atomic mass is 10.1. The quantitative estimate of drug-likeness (QED) is 0.728. The summed E-state index contributed by atoms with van der Waals surface area (Å²) in [5.74, 6) is 1.26. The molecule has 0 fully saturated rings. The van der Waals surface area contributed by atoms with E-state index in [1.807, 2.05) is 30.3 Å². The van der Waals surface area contributed by atoms with Crippen molar-refractivity contribution in [1.82, 2.24) is 4.90 Å². The number of benzene rings is 2. The fourth-order valence-electron chi connectivity index (χ4n) is 2.63. The lowest BCUT2D eigenvalue weighted by Gasteiger charge is -2.22. The van der Waals surface area contributed by atoms with Crippen molar-refractivity contribution in [1.29, 1.82) is 0 Å². The SMILES string of the molecule is Cc1ccc(CN(Cc2ccco2)Cc2ccccc2O)cc1. The Morgan fingerprint density at radius 3 is 2.35 bits per heavy atom. The summed E-state index contributed by atoms with van der Waals surface area (Å²) in [7, 11) is 0. The first-order valence-corrected chi connectivity index (χ1v) is 7.78. The van der Waals surface area contributed by atoms with E-state index in [4.69, 9.17) is 4.42 Å². The average Bonchev–Trinajstić information content (AvgIpc) is 3.05. The van der Waals surface area contributed by atoms with Gasteiger partial charge in [0, 0.05) is 18.7 Å². The van der Waals surface area contributed by atoms with Gasteiger partial charge in [-0.2, -0.15) is 0 Å². The number of rotatable bonds is 6. The average molecular weight is 307 g/mol. The van der Waals surface area contributed by atoms with Gasteiger partial charge in [0.1, 0.15) is 11.5 Å². The van der Waals surface area contributed by atoms with Crippen molar-refractivity contribution in [3.63, 3.8) is 0 Å². The predicted octanol–water partition coefficient (Wildman–Crippen LogP) is 4.50. The van der Waals surface area contributed by atoms with E-state index in [2.05, 4.69) is 36.1 Å². The first kappa shape index (κ1) is 15.4. The van der Waals surface area contributed by atoms with Crippen LogP contribution >= 0.6 is 0 Å². The van der Waals surface area contributed by atoms with E-state index in [1.54, 1.807) is 12.3 Å². The molecule has 1 N–H and O–H groups in total. The van der Waals surface area contributed by atoms with Crippen LogP contribution in [0.3, 0.4) is 0 Å². The number of furan rings is 1. The van der Waals surface area contributed by atoms with E-state index in [1.165, 1.54) is 11.1 Å². The zero-order chi connectivity index (χ0) is 16.1. The molecule has 0 aliphatic rings. The molecule has 118 valence electrons. The zero-order valence-electron chi connectivity index (χ0n) is 13.3. The van der Waals surface area contributed by atoms with E-state index in [9.17, 15) is 5.11 Å². The molecule has 1 aromatic heterocycles. The zero-order valence-corrected chi connectivity index (χ0v) is 13.3. The third-order valence-electron chi connectivity index (χ3n) is 3.87. The van der Waals surface area contributed by atoms with Crippen LogP contribution in [0.1, 0.15) is 22.5 Å². The Balaban J connectivity index is 1.78. The summed E-state index contributed by atoms with van der Waals surface area (Å²) in [6, 6.07) is 19.9. The van der Waals surface area contributed by atoms with Crippen molar-refractivity contribution in [3.8, 4) is 5.75 Å². The van der Waals surface area contributed by atoms with Crippen LogP contribution in [0.2, 0.25) is 0 Å². The topological polar surface area (TPSA) is 36.6 Å². The van der Waals surface area contributed by atoms with Gasteiger partial charge in [0.25, 0.3) is 0 Å². The third kappa shape index (κ3) is 4.24. The highest BCUT2D eigenvalue weighted by Gasteiger charge is 2.12. The van der Waals surface area contributed by atoms with Crippen molar-refractivity contribution < 1.29 is 9.52 Å². The minimum Gasteiger partial charge on any atom is -0.508 e. The molecule has 1 heterocycles. The summed E-state index contributed by atoms with van der Waals surface area (Å²) in [4.78, 5) is 2.26. The van der Waals surface area contributed by atoms with Crippen LogP contribution in [0.4, 0.5) is 0 Å². The van der Waals surface area contributed by atoms with Gasteiger partial charge in [-0.15, -0.1) is 0 Å².